The molecule has 12 heavy (non-hydrogen) atoms. The van der Waals surface area contributed by atoms with Gasteiger partial charge in [-0.15, -0.1) is 0 Å². The molecule has 0 rings (SSSR count). The highest BCUT2D eigenvalue weighted by atomic mass is 16.3. The maximum Gasteiger partial charge on any atom is 0.160 e. The number of hydrogen-bond donors (Lipinski definition) is 1. The molecule has 70 valence electrons. The largest absolute Gasteiger partial charge is 0.391 e. The van der Waals surface area contributed by atoms with Gasteiger partial charge in [-0.1, -0.05) is 6.58 Å². The van der Waals surface area contributed by atoms with Crippen LogP contribution in [0.15, 0.2) is 12.2 Å². The zero-order valence-electron chi connectivity index (χ0n) is 8.00. The first kappa shape index (κ1) is 11.3. The predicted molar refractivity (Wildman–Crippen MR) is 49.0 cm³/mol. The van der Waals surface area contributed by atoms with Crippen LogP contribution in [-0.2, 0) is 4.79 Å². The smallest absolute Gasteiger partial charge is 0.160 e. The Labute approximate surface area is 73.7 Å². The summed E-state index contributed by atoms with van der Waals surface area (Å²) in [5.74, 6) is -0.0654. The van der Waals surface area contributed by atoms with Crippen LogP contribution < -0.4 is 0 Å². The summed E-state index contributed by atoms with van der Waals surface area (Å²) in [6, 6.07) is 0. The lowest BCUT2D eigenvalue weighted by atomic mass is 10.1. The monoisotopic (exact) mass is 171 g/mol. The molecule has 1 N–H and O–H groups in total. The predicted octanol–water partition coefficient (Wildman–Crippen LogP) is 0.444. The van der Waals surface area contributed by atoms with Crippen molar-refractivity contribution in [2.24, 2.45) is 0 Å². The van der Waals surface area contributed by atoms with Crippen LogP contribution in [0.3, 0.4) is 0 Å². The van der Waals surface area contributed by atoms with E-state index in [9.17, 15) is 9.90 Å². The Bertz CT molecular complexity index is 175. The fourth-order valence-corrected chi connectivity index (χ4v) is 0.874. The van der Waals surface area contributed by atoms with Crippen molar-refractivity contribution < 1.29 is 9.90 Å². The Morgan fingerprint density at radius 3 is 2.42 bits per heavy atom. The summed E-state index contributed by atoms with van der Waals surface area (Å²) in [6.07, 6.45) is -0.405. The van der Waals surface area contributed by atoms with Crippen LogP contribution in [0.2, 0.25) is 0 Å². The van der Waals surface area contributed by atoms with Gasteiger partial charge in [0.05, 0.1) is 6.10 Å². The number of aliphatic hydroxyl groups is 1. The fraction of sp³-hybridized carbons (Fsp3) is 0.667. The second-order valence-corrected chi connectivity index (χ2v) is 3.32. The van der Waals surface area contributed by atoms with Crippen molar-refractivity contribution in [1.29, 1.82) is 0 Å². The number of nitrogens with zero attached hydrogens (tertiary/aromatic N) is 1. The molecule has 0 bridgehead atoms. The Balaban J connectivity index is 3.76. The van der Waals surface area contributed by atoms with Gasteiger partial charge in [0.1, 0.15) is 0 Å². The van der Waals surface area contributed by atoms with Gasteiger partial charge < -0.3 is 10.0 Å². The lowest BCUT2D eigenvalue weighted by Crippen LogP contribution is -2.27. The van der Waals surface area contributed by atoms with E-state index in [-0.39, 0.29) is 12.2 Å². The highest BCUT2D eigenvalue weighted by molar-refractivity contribution is 5.94. The zero-order valence-corrected chi connectivity index (χ0v) is 8.00. The van der Waals surface area contributed by atoms with Crippen molar-refractivity contribution in [3.8, 4) is 0 Å². The molecule has 0 saturated heterocycles. The van der Waals surface area contributed by atoms with Crippen LogP contribution in [0.4, 0.5) is 0 Å². The second-order valence-electron chi connectivity index (χ2n) is 3.32. The van der Waals surface area contributed by atoms with Crippen LogP contribution in [0, 0.1) is 0 Å². The van der Waals surface area contributed by atoms with E-state index < -0.39 is 6.10 Å². The summed E-state index contributed by atoms with van der Waals surface area (Å²) in [5.41, 5.74) is 0.507. The molecular formula is C9H17NO2. The van der Waals surface area contributed by atoms with E-state index in [0.717, 1.165) is 0 Å². The molecule has 0 fully saturated rings. The summed E-state index contributed by atoms with van der Waals surface area (Å²) in [6.45, 7) is 5.68. The van der Waals surface area contributed by atoms with E-state index in [4.69, 9.17) is 0 Å². The molecule has 0 saturated carbocycles. The molecule has 1 atom stereocenters. The van der Waals surface area contributed by atoms with Crippen molar-refractivity contribution in [1.82, 2.24) is 4.90 Å². The first-order valence-corrected chi connectivity index (χ1v) is 3.95. The molecule has 1 unspecified atom stereocenters. The van der Waals surface area contributed by atoms with Gasteiger partial charge in [0, 0.05) is 13.0 Å². The van der Waals surface area contributed by atoms with Crippen molar-refractivity contribution >= 4 is 5.78 Å². The SMILES string of the molecule is C=C(C)C(=O)CC(O)CN(C)C. The van der Waals surface area contributed by atoms with Gasteiger partial charge in [-0.05, 0) is 26.6 Å². The fourth-order valence-electron chi connectivity index (χ4n) is 0.874. The number of likely N-dealkylation sites (N-methyl/N-ethyl adjacent to an activating group) is 1. The van der Waals surface area contributed by atoms with Crippen LogP contribution in [0.5, 0.6) is 0 Å². The Kier molecular flexibility index (Phi) is 4.78. The first-order valence-electron chi connectivity index (χ1n) is 3.95. The van der Waals surface area contributed by atoms with Crippen LogP contribution >= 0.6 is 0 Å². The topological polar surface area (TPSA) is 40.5 Å². The molecule has 0 heterocycles. The Morgan fingerprint density at radius 2 is 2.08 bits per heavy atom. The summed E-state index contributed by atoms with van der Waals surface area (Å²) < 4.78 is 0. The highest BCUT2D eigenvalue weighted by Crippen LogP contribution is 2.00. The van der Waals surface area contributed by atoms with Crippen molar-refractivity contribution in [3.63, 3.8) is 0 Å². The molecule has 0 aliphatic rings. The highest BCUT2D eigenvalue weighted by Gasteiger charge is 2.11. The van der Waals surface area contributed by atoms with E-state index >= 15 is 0 Å². The van der Waals surface area contributed by atoms with Crippen LogP contribution in [0.1, 0.15) is 13.3 Å². The van der Waals surface area contributed by atoms with Gasteiger partial charge in [-0.25, -0.2) is 0 Å². The van der Waals surface area contributed by atoms with E-state index in [1.807, 2.05) is 19.0 Å². The average molecular weight is 171 g/mol. The van der Waals surface area contributed by atoms with E-state index in [1.165, 1.54) is 0 Å². The lowest BCUT2D eigenvalue weighted by molar-refractivity contribution is -0.117. The molecule has 0 aromatic carbocycles. The minimum atomic E-state index is -0.579. The molecule has 3 nitrogen and oxygen atoms in total. The third-order valence-corrected chi connectivity index (χ3v) is 1.47. The summed E-state index contributed by atoms with van der Waals surface area (Å²) in [4.78, 5) is 12.9. The number of rotatable bonds is 5. The minimum absolute atomic E-state index is 0.0654. The summed E-state index contributed by atoms with van der Waals surface area (Å²) in [7, 11) is 3.71. The zero-order chi connectivity index (χ0) is 9.72. The van der Waals surface area contributed by atoms with Crippen LogP contribution in [0.25, 0.3) is 0 Å². The Morgan fingerprint density at radius 1 is 1.58 bits per heavy atom. The van der Waals surface area contributed by atoms with Crippen molar-refractivity contribution in [2.45, 2.75) is 19.4 Å². The van der Waals surface area contributed by atoms with Gasteiger partial charge in [-0.3, -0.25) is 4.79 Å². The van der Waals surface area contributed by atoms with Gasteiger partial charge >= 0.3 is 0 Å². The molecule has 0 amide bonds. The molecule has 0 aromatic heterocycles. The summed E-state index contributed by atoms with van der Waals surface area (Å²) >= 11 is 0. The van der Waals surface area contributed by atoms with Gasteiger partial charge in [0.25, 0.3) is 0 Å². The molecule has 0 aromatic rings. The van der Waals surface area contributed by atoms with Gasteiger partial charge in [0.15, 0.2) is 5.78 Å². The summed E-state index contributed by atoms with van der Waals surface area (Å²) in [5, 5.41) is 9.34. The first-order chi connectivity index (χ1) is 5.43. The number of carbonyl (C=O) groups is 1. The molecule has 0 aliphatic heterocycles. The number of carbonyl (C=O) groups excluding carboxylic acids is 1. The maximum absolute atomic E-state index is 11.1. The second kappa shape index (κ2) is 5.06. The van der Waals surface area contributed by atoms with Crippen LogP contribution in [-0.4, -0.2) is 42.5 Å². The number of Topliss-reactive ketones (excluding diaryl/α,β-unsaturated/α-hetero) is 1. The molecule has 0 aliphatic carbocycles. The maximum atomic E-state index is 11.1. The van der Waals surface area contributed by atoms with E-state index in [1.54, 1.807) is 6.92 Å². The van der Waals surface area contributed by atoms with E-state index in [2.05, 4.69) is 6.58 Å². The lowest BCUT2D eigenvalue weighted by Gasteiger charge is -2.14. The molecule has 0 spiro atoms. The number of hydrogen-bond acceptors (Lipinski definition) is 3. The quantitative estimate of drug-likeness (QED) is 0.610. The molecule has 3 heteroatoms. The number of ketones is 1. The third kappa shape index (κ3) is 5.04. The average Bonchev–Trinajstić information content (AvgIpc) is 1.84. The number of allylic oxidation sites excluding steroid dienone is 1. The normalized spacial score (nSPS) is 13.1. The molecular weight excluding hydrogens is 154 g/mol. The van der Waals surface area contributed by atoms with Gasteiger partial charge in [-0.2, -0.15) is 0 Å². The van der Waals surface area contributed by atoms with E-state index in [0.29, 0.717) is 12.1 Å². The minimum Gasteiger partial charge on any atom is -0.391 e. The van der Waals surface area contributed by atoms with Gasteiger partial charge in [0.2, 0.25) is 0 Å². The van der Waals surface area contributed by atoms with Crippen molar-refractivity contribution in [2.75, 3.05) is 20.6 Å². The molecule has 0 radical (unpaired) electrons. The standard InChI is InChI=1S/C9H17NO2/c1-7(2)9(12)5-8(11)6-10(3)4/h8,11H,1,5-6H2,2-4H3. The Hall–Kier alpha value is -0.670. The number of aliphatic hydroxyl groups excluding tert-OH is 1. The van der Waals surface area contributed by atoms with Crippen molar-refractivity contribution in [3.05, 3.63) is 12.2 Å². The third-order valence-electron chi connectivity index (χ3n) is 1.47.